The van der Waals surface area contributed by atoms with Crippen molar-refractivity contribution in [3.63, 3.8) is 0 Å². The number of aliphatic carboxylic acids is 1. The highest BCUT2D eigenvalue weighted by Crippen LogP contribution is 2.29. The molecule has 21 heteroatoms. The summed E-state index contributed by atoms with van der Waals surface area (Å²) in [5, 5.41) is 11.6. The maximum atomic E-state index is 13.8. The van der Waals surface area contributed by atoms with Gasteiger partial charge in [0.25, 0.3) is 17.1 Å². The minimum absolute atomic E-state index is 0. The van der Waals surface area contributed by atoms with E-state index in [1.807, 2.05) is 32.0 Å². The first-order chi connectivity index (χ1) is 28.9. The third kappa shape index (κ3) is 12.3. The summed E-state index contributed by atoms with van der Waals surface area (Å²) in [5.74, 6) is -1.67. The minimum atomic E-state index is -3.48. The Bertz CT molecular complexity index is 3060. The Morgan fingerprint density at radius 3 is 1.67 bits per heavy atom. The summed E-state index contributed by atoms with van der Waals surface area (Å²) in [4.78, 5) is 51.2. The topological polar surface area (TPSA) is 205 Å². The Hall–Kier alpha value is -6.12. The number of nitrogens with zero attached hydrogens (tertiary/aromatic N) is 6. The highest BCUT2D eigenvalue weighted by atomic mass is 35.5. The van der Waals surface area contributed by atoms with E-state index in [1.165, 1.54) is 46.9 Å². The number of hydrogen-bond acceptors (Lipinski definition) is 13. The molecule has 8 rings (SSSR count). The number of thiazole rings is 2. The SMILES string of the molecule is C.C.CC(=O)O.CCS(=O)(=O)c1nc2ncn(-c3c(C)cccc3Cl)c(=O)c2s1.Cc1cccc(Cl)c1-n1cnc2nc(Nc3ccccc3F)sc2c1=O.Nc1ccccc1F. The average Bonchev–Trinajstić information content (AvgIpc) is 3.85. The standard InChI is InChI=1S/C18H12ClFN4OS.C14H12ClN3O3S2.C6H6FN.C2H4O2.2CH4/c1-10-5-4-6-11(19)14(10)24-9-21-16-15(17(24)25)26-18(23-16)22-13-8-3-2-7-12(13)20;1-3-23(20,21)14-17-12-11(22-14)13(19)18(7-16-12)10-8(2)5-4-6-9(10)15;7-5-3-1-2-4-6(5)8;1-2(3)4;;/h2-9H,1H3,(H,22,23);4-7H,3H2,1-2H3;1-4H,8H2;1H3,(H,3,4);2*1H4. The zero-order valence-electron chi connectivity index (χ0n) is 32.4. The number of hydrogen-bond donors (Lipinski definition) is 3. The maximum Gasteiger partial charge on any atom is 0.300 e. The molecule has 0 atom stereocenters. The molecule has 332 valence electrons. The molecule has 8 aromatic rings. The van der Waals surface area contributed by atoms with Crippen LogP contribution in [-0.4, -0.2) is 54.3 Å². The molecule has 0 fully saturated rings. The van der Waals surface area contributed by atoms with E-state index in [0.29, 0.717) is 36.9 Å². The van der Waals surface area contributed by atoms with Gasteiger partial charge in [0, 0.05) is 6.92 Å². The Kier molecular flexibility index (Phi) is 18.1. The van der Waals surface area contributed by atoms with E-state index in [0.717, 1.165) is 40.7 Å². The van der Waals surface area contributed by atoms with Crippen LogP contribution in [0, 0.1) is 25.5 Å². The molecule has 4 aromatic heterocycles. The van der Waals surface area contributed by atoms with Crippen LogP contribution in [0.3, 0.4) is 0 Å². The molecule has 0 amide bonds. The second-order valence-corrected chi connectivity index (χ2v) is 17.8. The normalized spacial score (nSPS) is 10.5. The smallest absolute Gasteiger partial charge is 0.300 e. The highest BCUT2D eigenvalue weighted by Gasteiger charge is 2.21. The summed E-state index contributed by atoms with van der Waals surface area (Å²) in [6, 6.07) is 23.1. The van der Waals surface area contributed by atoms with Crippen molar-refractivity contribution in [3.05, 3.63) is 151 Å². The molecule has 0 aliphatic heterocycles. The van der Waals surface area contributed by atoms with E-state index in [2.05, 4.69) is 25.3 Å². The summed E-state index contributed by atoms with van der Waals surface area (Å²) in [6.07, 6.45) is 2.73. The summed E-state index contributed by atoms with van der Waals surface area (Å²) in [6.45, 7) is 6.31. The molecule has 0 saturated carbocycles. The summed E-state index contributed by atoms with van der Waals surface area (Å²) >= 11 is 14.4. The lowest BCUT2D eigenvalue weighted by Gasteiger charge is -2.10. The van der Waals surface area contributed by atoms with E-state index in [9.17, 15) is 26.8 Å². The number of rotatable bonds is 6. The number of aromatic nitrogens is 6. The number of fused-ring (bicyclic) bond motifs is 2. The first-order valence-electron chi connectivity index (χ1n) is 17.6. The number of nitrogens with two attached hydrogens (primary N) is 1. The molecule has 0 radical (unpaired) electrons. The second-order valence-electron chi connectivity index (χ2n) is 12.5. The van der Waals surface area contributed by atoms with Gasteiger partial charge in [0.15, 0.2) is 16.4 Å². The highest BCUT2D eigenvalue weighted by molar-refractivity contribution is 7.93. The van der Waals surface area contributed by atoms with Gasteiger partial charge < -0.3 is 16.2 Å². The average molecular weight is 960 g/mol. The van der Waals surface area contributed by atoms with E-state index < -0.39 is 21.6 Å². The quantitative estimate of drug-likeness (QED) is 0.133. The van der Waals surface area contributed by atoms with Crippen LogP contribution in [-0.2, 0) is 14.6 Å². The number of halogens is 4. The largest absolute Gasteiger partial charge is 0.481 e. The third-order valence-electron chi connectivity index (χ3n) is 8.14. The number of anilines is 3. The zero-order valence-corrected chi connectivity index (χ0v) is 36.4. The van der Waals surface area contributed by atoms with Gasteiger partial charge in [0.1, 0.15) is 33.7 Å². The number of carbonyl (C=O) groups is 1. The van der Waals surface area contributed by atoms with Gasteiger partial charge in [-0.1, -0.05) is 116 Å². The molecule has 0 bridgehead atoms. The van der Waals surface area contributed by atoms with Gasteiger partial charge in [0.2, 0.25) is 14.2 Å². The van der Waals surface area contributed by atoms with Gasteiger partial charge in [-0.3, -0.25) is 23.5 Å². The monoisotopic (exact) mass is 958 g/mol. The van der Waals surface area contributed by atoms with Crippen LogP contribution in [0.5, 0.6) is 0 Å². The van der Waals surface area contributed by atoms with Gasteiger partial charge >= 0.3 is 0 Å². The fraction of sp³-hybridized carbons (Fsp3) is 0.167. The number of carboxylic acid groups (broad SMARTS) is 1. The molecule has 0 aliphatic carbocycles. The molecule has 14 nitrogen and oxygen atoms in total. The predicted molar refractivity (Wildman–Crippen MR) is 251 cm³/mol. The van der Waals surface area contributed by atoms with Gasteiger partial charge in [-0.15, -0.1) is 0 Å². The van der Waals surface area contributed by atoms with Crippen molar-refractivity contribution in [2.45, 2.75) is 46.9 Å². The number of nitrogen functional groups attached to an aromatic ring is 1. The van der Waals surface area contributed by atoms with Crippen LogP contribution in [0.2, 0.25) is 10.0 Å². The number of carboxylic acids is 1. The summed E-state index contributed by atoms with van der Waals surface area (Å²) in [5.41, 5.74) is 8.20. The van der Waals surface area contributed by atoms with E-state index in [-0.39, 0.29) is 63.6 Å². The van der Waals surface area contributed by atoms with Gasteiger partial charge in [-0.05, 0) is 61.4 Å². The lowest BCUT2D eigenvalue weighted by molar-refractivity contribution is -0.134. The van der Waals surface area contributed by atoms with Crippen molar-refractivity contribution in [3.8, 4) is 11.4 Å². The van der Waals surface area contributed by atoms with Crippen LogP contribution < -0.4 is 22.2 Å². The van der Waals surface area contributed by atoms with Crippen molar-refractivity contribution in [1.82, 2.24) is 29.1 Å². The zero-order chi connectivity index (χ0) is 44.6. The summed E-state index contributed by atoms with van der Waals surface area (Å²) < 4.78 is 53.1. The molecule has 0 aliphatic rings. The van der Waals surface area contributed by atoms with Crippen LogP contribution in [0.25, 0.3) is 32.1 Å². The van der Waals surface area contributed by atoms with E-state index in [4.69, 9.17) is 38.8 Å². The number of para-hydroxylation sites is 4. The van der Waals surface area contributed by atoms with Crippen LogP contribution >= 0.6 is 45.9 Å². The first-order valence-corrected chi connectivity index (χ1v) is 21.7. The fourth-order valence-corrected chi connectivity index (χ4v) is 9.00. The van der Waals surface area contributed by atoms with Gasteiger partial charge in [-0.2, -0.15) is 4.98 Å². The molecule has 0 unspecified atom stereocenters. The molecule has 0 saturated heterocycles. The van der Waals surface area contributed by atoms with E-state index >= 15 is 0 Å². The van der Waals surface area contributed by atoms with Gasteiger partial charge in [-0.25, -0.2) is 32.2 Å². The van der Waals surface area contributed by atoms with Crippen molar-refractivity contribution in [2.24, 2.45) is 0 Å². The van der Waals surface area contributed by atoms with Crippen molar-refractivity contribution < 1.29 is 27.1 Å². The van der Waals surface area contributed by atoms with Crippen LogP contribution in [0.4, 0.5) is 25.3 Å². The Balaban J connectivity index is 0.000000261. The second kappa shape index (κ2) is 22.3. The minimum Gasteiger partial charge on any atom is -0.481 e. The molecule has 4 heterocycles. The number of benzene rings is 4. The molecule has 4 N–H and O–H groups in total. The lowest BCUT2D eigenvalue weighted by atomic mass is 10.2. The van der Waals surface area contributed by atoms with Crippen molar-refractivity contribution >= 4 is 98.9 Å². The number of sulfone groups is 1. The maximum absolute atomic E-state index is 13.8. The van der Waals surface area contributed by atoms with E-state index in [1.54, 1.807) is 48.5 Å². The Morgan fingerprint density at radius 1 is 0.762 bits per heavy atom. The predicted octanol–water partition coefficient (Wildman–Crippen LogP) is 10.1. The Morgan fingerprint density at radius 2 is 1.22 bits per heavy atom. The lowest BCUT2D eigenvalue weighted by Crippen LogP contribution is -2.19. The molecular weight excluding hydrogens is 918 g/mol. The molecule has 4 aromatic carbocycles. The van der Waals surface area contributed by atoms with Crippen LogP contribution in [0.1, 0.15) is 39.8 Å². The van der Waals surface area contributed by atoms with Gasteiger partial charge in [0.05, 0.1) is 38.5 Å². The third-order valence-corrected chi connectivity index (χ3v) is 12.9. The molecular formula is C42H42Cl2F2N8O6S3. The van der Waals surface area contributed by atoms with Crippen molar-refractivity contribution in [1.29, 1.82) is 0 Å². The Labute approximate surface area is 379 Å². The van der Waals surface area contributed by atoms with Crippen LogP contribution in [0.15, 0.2) is 112 Å². The number of aryl methyl sites for hydroxylation is 2. The molecule has 0 spiro atoms. The summed E-state index contributed by atoms with van der Waals surface area (Å²) in [7, 11) is -3.48. The first kappa shape index (κ1) is 51.2. The van der Waals surface area contributed by atoms with Crippen molar-refractivity contribution in [2.75, 3.05) is 16.8 Å². The fourth-order valence-electron chi connectivity index (χ4n) is 5.25. The molecule has 63 heavy (non-hydrogen) atoms. The number of nitrogens with one attached hydrogen (secondary N) is 1.